The standard InChI is InChI=1S/C22H27N7O/c1-15-5-6-19(11-16(15)2)26-22(30)28-9-7-27(8-10-28)20-12-21(24-13-23-20)29-14-25-17(3)18(29)4/h5-6,11-14H,7-10H2,1-4H3,(H,26,30). The van der Waals surface area contributed by atoms with E-state index in [1.807, 2.05) is 54.5 Å². The predicted octanol–water partition coefficient (Wildman–Crippen LogP) is 3.25. The van der Waals surface area contributed by atoms with Crippen molar-refractivity contribution in [2.45, 2.75) is 27.7 Å². The van der Waals surface area contributed by atoms with Crippen LogP contribution in [0.15, 0.2) is 36.9 Å². The van der Waals surface area contributed by atoms with E-state index in [2.05, 4.69) is 32.1 Å². The molecule has 2 amide bonds. The summed E-state index contributed by atoms with van der Waals surface area (Å²) in [6.45, 7) is 10.8. The molecule has 0 radical (unpaired) electrons. The molecule has 3 heterocycles. The van der Waals surface area contributed by atoms with Crippen molar-refractivity contribution in [3.05, 3.63) is 59.4 Å². The number of rotatable bonds is 3. The first-order chi connectivity index (χ1) is 14.4. The van der Waals surface area contributed by atoms with E-state index in [-0.39, 0.29) is 6.03 Å². The van der Waals surface area contributed by atoms with Crippen molar-refractivity contribution >= 4 is 17.5 Å². The number of aromatic nitrogens is 4. The van der Waals surface area contributed by atoms with Crippen LogP contribution in [0.1, 0.15) is 22.5 Å². The summed E-state index contributed by atoms with van der Waals surface area (Å²) in [4.78, 5) is 29.9. The Morgan fingerprint density at radius 1 is 0.900 bits per heavy atom. The molecule has 30 heavy (non-hydrogen) atoms. The lowest BCUT2D eigenvalue weighted by Crippen LogP contribution is -2.50. The Hall–Kier alpha value is -3.42. The van der Waals surface area contributed by atoms with Crippen LogP contribution in [0.3, 0.4) is 0 Å². The van der Waals surface area contributed by atoms with Gasteiger partial charge in [0.25, 0.3) is 0 Å². The van der Waals surface area contributed by atoms with Gasteiger partial charge in [-0.1, -0.05) is 6.07 Å². The van der Waals surface area contributed by atoms with E-state index in [1.165, 1.54) is 11.1 Å². The molecule has 156 valence electrons. The fourth-order valence-electron chi connectivity index (χ4n) is 3.53. The van der Waals surface area contributed by atoms with Gasteiger partial charge in [-0.05, 0) is 51.0 Å². The molecule has 1 saturated heterocycles. The van der Waals surface area contributed by atoms with E-state index in [0.29, 0.717) is 13.1 Å². The lowest BCUT2D eigenvalue weighted by molar-refractivity contribution is 0.208. The first kappa shape index (κ1) is 19.9. The summed E-state index contributed by atoms with van der Waals surface area (Å²) in [6, 6.07) is 7.88. The van der Waals surface area contributed by atoms with Crippen LogP contribution in [-0.4, -0.2) is 56.6 Å². The van der Waals surface area contributed by atoms with Crippen LogP contribution in [0.4, 0.5) is 16.3 Å². The Morgan fingerprint density at radius 2 is 1.63 bits per heavy atom. The topological polar surface area (TPSA) is 79.2 Å². The van der Waals surface area contributed by atoms with Crippen molar-refractivity contribution in [3.8, 4) is 5.82 Å². The zero-order valence-corrected chi connectivity index (χ0v) is 17.9. The smallest absolute Gasteiger partial charge is 0.321 e. The number of aryl methyl sites for hydroxylation is 3. The largest absolute Gasteiger partial charge is 0.353 e. The van der Waals surface area contributed by atoms with Crippen LogP contribution in [0, 0.1) is 27.7 Å². The third-order valence-electron chi connectivity index (χ3n) is 5.79. The van der Waals surface area contributed by atoms with Crippen LogP contribution in [0.5, 0.6) is 0 Å². The highest BCUT2D eigenvalue weighted by Gasteiger charge is 2.22. The highest BCUT2D eigenvalue weighted by atomic mass is 16.2. The number of hydrogen-bond donors (Lipinski definition) is 1. The molecule has 0 atom stereocenters. The Labute approximate surface area is 176 Å². The fourth-order valence-corrected chi connectivity index (χ4v) is 3.53. The summed E-state index contributed by atoms with van der Waals surface area (Å²) in [6.07, 6.45) is 3.37. The highest BCUT2D eigenvalue weighted by molar-refractivity contribution is 5.89. The summed E-state index contributed by atoms with van der Waals surface area (Å²) in [5.74, 6) is 1.66. The lowest BCUT2D eigenvalue weighted by Gasteiger charge is -2.35. The van der Waals surface area contributed by atoms with Crippen LogP contribution in [0.25, 0.3) is 5.82 Å². The van der Waals surface area contributed by atoms with Gasteiger partial charge in [0.15, 0.2) is 0 Å². The van der Waals surface area contributed by atoms with Crippen molar-refractivity contribution in [2.24, 2.45) is 0 Å². The van der Waals surface area contributed by atoms with Crippen molar-refractivity contribution in [3.63, 3.8) is 0 Å². The normalized spacial score (nSPS) is 14.1. The summed E-state index contributed by atoms with van der Waals surface area (Å²) < 4.78 is 1.97. The Bertz CT molecular complexity index is 1070. The number of anilines is 2. The molecule has 1 fully saturated rings. The van der Waals surface area contributed by atoms with Gasteiger partial charge in [-0.2, -0.15) is 0 Å². The molecule has 0 unspecified atom stereocenters. The first-order valence-corrected chi connectivity index (χ1v) is 10.1. The number of piperazine rings is 1. The summed E-state index contributed by atoms with van der Waals surface area (Å²) in [7, 11) is 0. The number of nitrogens with zero attached hydrogens (tertiary/aromatic N) is 6. The maximum atomic E-state index is 12.6. The fraction of sp³-hybridized carbons (Fsp3) is 0.364. The van der Waals surface area contributed by atoms with E-state index in [9.17, 15) is 4.79 Å². The van der Waals surface area contributed by atoms with Gasteiger partial charge in [-0.15, -0.1) is 0 Å². The van der Waals surface area contributed by atoms with Crippen LogP contribution < -0.4 is 10.2 Å². The number of amides is 2. The third-order valence-corrected chi connectivity index (χ3v) is 5.79. The second kappa shape index (κ2) is 8.14. The number of benzene rings is 1. The van der Waals surface area contributed by atoms with Gasteiger partial charge in [0.2, 0.25) is 0 Å². The highest BCUT2D eigenvalue weighted by Crippen LogP contribution is 2.19. The predicted molar refractivity (Wildman–Crippen MR) is 117 cm³/mol. The van der Waals surface area contributed by atoms with Gasteiger partial charge in [0.05, 0.1) is 5.69 Å². The molecule has 2 aromatic heterocycles. The van der Waals surface area contributed by atoms with Crippen LogP contribution in [0.2, 0.25) is 0 Å². The molecule has 8 nitrogen and oxygen atoms in total. The summed E-state index contributed by atoms with van der Waals surface area (Å²) in [5, 5.41) is 3.01. The lowest BCUT2D eigenvalue weighted by atomic mass is 10.1. The molecule has 0 spiro atoms. The SMILES string of the molecule is Cc1ccc(NC(=O)N2CCN(c3cc(-n4cnc(C)c4C)ncn3)CC2)cc1C. The van der Waals surface area contributed by atoms with Gasteiger partial charge < -0.3 is 15.1 Å². The summed E-state index contributed by atoms with van der Waals surface area (Å²) >= 11 is 0. The second-order valence-electron chi connectivity index (χ2n) is 7.72. The zero-order valence-electron chi connectivity index (χ0n) is 17.9. The molecule has 4 rings (SSSR count). The number of hydrogen-bond acceptors (Lipinski definition) is 5. The molecule has 1 aliphatic rings. The minimum Gasteiger partial charge on any atom is -0.353 e. The molecular formula is C22H27N7O. The van der Waals surface area contributed by atoms with Crippen LogP contribution >= 0.6 is 0 Å². The molecule has 0 aliphatic carbocycles. The minimum atomic E-state index is -0.0641. The molecular weight excluding hydrogens is 378 g/mol. The first-order valence-electron chi connectivity index (χ1n) is 10.1. The van der Waals surface area contributed by atoms with Crippen molar-refractivity contribution < 1.29 is 4.79 Å². The third kappa shape index (κ3) is 3.98. The molecule has 3 aromatic rings. The molecule has 0 bridgehead atoms. The minimum absolute atomic E-state index is 0.0641. The number of carbonyl (C=O) groups excluding carboxylic acids is 1. The van der Waals surface area contributed by atoms with Crippen molar-refractivity contribution in [2.75, 3.05) is 36.4 Å². The average Bonchev–Trinajstić information content (AvgIpc) is 3.09. The number of urea groups is 1. The molecule has 1 aliphatic heterocycles. The number of imidazole rings is 1. The van der Waals surface area contributed by atoms with Gasteiger partial charge in [0, 0.05) is 43.6 Å². The maximum Gasteiger partial charge on any atom is 0.321 e. The quantitative estimate of drug-likeness (QED) is 0.724. The molecule has 0 saturated carbocycles. The summed E-state index contributed by atoms with van der Waals surface area (Å²) in [5.41, 5.74) is 5.26. The number of carbonyl (C=O) groups is 1. The van der Waals surface area contributed by atoms with Crippen molar-refractivity contribution in [1.82, 2.24) is 24.4 Å². The van der Waals surface area contributed by atoms with Gasteiger partial charge in [0.1, 0.15) is 24.3 Å². The maximum absolute atomic E-state index is 12.6. The Balaban J connectivity index is 1.39. The zero-order chi connectivity index (χ0) is 21.3. The Morgan fingerprint density at radius 3 is 2.30 bits per heavy atom. The average molecular weight is 406 g/mol. The number of nitrogens with one attached hydrogen (secondary N) is 1. The van der Waals surface area contributed by atoms with Crippen LogP contribution in [-0.2, 0) is 0 Å². The van der Waals surface area contributed by atoms with E-state index in [4.69, 9.17) is 0 Å². The molecule has 8 heteroatoms. The monoisotopic (exact) mass is 405 g/mol. The molecule has 1 N–H and O–H groups in total. The van der Waals surface area contributed by atoms with Gasteiger partial charge in [-0.25, -0.2) is 19.7 Å². The van der Waals surface area contributed by atoms with Gasteiger partial charge >= 0.3 is 6.03 Å². The van der Waals surface area contributed by atoms with E-state index >= 15 is 0 Å². The van der Waals surface area contributed by atoms with Crippen molar-refractivity contribution in [1.29, 1.82) is 0 Å². The second-order valence-corrected chi connectivity index (χ2v) is 7.72. The Kier molecular flexibility index (Phi) is 5.39. The van der Waals surface area contributed by atoms with E-state index in [0.717, 1.165) is 41.8 Å². The van der Waals surface area contributed by atoms with E-state index < -0.39 is 0 Å². The van der Waals surface area contributed by atoms with Gasteiger partial charge in [-0.3, -0.25) is 4.57 Å². The molecule has 1 aromatic carbocycles. The van der Waals surface area contributed by atoms with E-state index in [1.54, 1.807) is 12.7 Å².